The summed E-state index contributed by atoms with van der Waals surface area (Å²) in [7, 11) is 0. The van der Waals surface area contributed by atoms with Crippen LogP contribution in [0.3, 0.4) is 0 Å². The van der Waals surface area contributed by atoms with Crippen molar-refractivity contribution >= 4 is 21.9 Å². The van der Waals surface area contributed by atoms with E-state index in [0.29, 0.717) is 5.69 Å². The molecule has 2 rings (SSSR count). The maximum absolute atomic E-state index is 10.9. The lowest BCUT2D eigenvalue weighted by molar-refractivity contribution is 0.0687. The van der Waals surface area contributed by atoms with Gasteiger partial charge in [0.1, 0.15) is 0 Å². The first-order chi connectivity index (χ1) is 7.61. The van der Waals surface area contributed by atoms with E-state index < -0.39 is 5.97 Å². The van der Waals surface area contributed by atoms with E-state index in [-0.39, 0.29) is 5.69 Å². The van der Waals surface area contributed by atoms with Crippen LogP contribution in [0.15, 0.2) is 28.9 Å². The summed E-state index contributed by atoms with van der Waals surface area (Å²) in [6.07, 6.45) is 1.22. The fourth-order valence-corrected chi connectivity index (χ4v) is 1.79. The van der Waals surface area contributed by atoms with E-state index in [0.717, 1.165) is 10.0 Å². The lowest BCUT2D eigenvalue weighted by atomic mass is 10.2. The maximum atomic E-state index is 10.9. The Morgan fingerprint density at radius 2 is 2.25 bits per heavy atom. The van der Waals surface area contributed by atoms with E-state index in [1.165, 1.54) is 10.9 Å². The molecule has 6 heteroatoms. The van der Waals surface area contributed by atoms with Crippen molar-refractivity contribution in [3.05, 3.63) is 40.1 Å². The monoisotopic (exact) mass is 281 g/mol. The second kappa shape index (κ2) is 4.05. The summed E-state index contributed by atoms with van der Waals surface area (Å²) in [6, 6.07) is 5.53. The number of rotatable bonds is 2. The molecule has 1 N–H and O–H groups in total. The molecule has 0 unspecified atom stereocenters. The van der Waals surface area contributed by atoms with Crippen molar-refractivity contribution in [2.45, 2.75) is 6.92 Å². The molecule has 82 valence electrons. The van der Waals surface area contributed by atoms with E-state index in [1.807, 2.05) is 19.1 Å². The average Bonchev–Trinajstić information content (AvgIpc) is 2.70. The van der Waals surface area contributed by atoms with Crippen molar-refractivity contribution < 1.29 is 9.90 Å². The van der Waals surface area contributed by atoms with E-state index in [2.05, 4.69) is 26.2 Å². The SMILES string of the molecule is Cc1cccc(-n2nncc2C(=O)O)c1Br. The van der Waals surface area contributed by atoms with Crippen LogP contribution in [-0.2, 0) is 0 Å². The van der Waals surface area contributed by atoms with E-state index >= 15 is 0 Å². The van der Waals surface area contributed by atoms with Gasteiger partial charge < -0.3 is 5.11 Å². The Morgan fingerprint density at radius 1 is 1.50 bits per heavy atom. The second-order valence-electron chi connectivity index (χ2n) is 3.24. The zero-order valence-corrected chi connectivity index (χ0v) is 9.97. The fraction of sp³-hybridized carbons (Fsp3) is 0.100. The summed E-state index contributed by atoms with van der Waals surface area (Å²) in [4.78, 5) is 10.9. The topological polar surface area (TPSA) is 68.0 Å². The predicted molar refractivity (Wildman–Crippen MR) is 60.8 cm³/mol. The van der Waals surface area contributed by atoms with Gasteiger partial charge in [-0.15, -0.1) is 5.10 Å². The number of aromatic carboxylic acids is 1. The molecule has 0 aliphatic heterocycles. The second-order valence-corrected chi connectivity index (χ2v) is 4.04. The Morgan fingerprint density at radius 3 is 2.94 bits per heavy atom. The molecule has 1 aromatic carbocycles. The van der Waals surface area contributed by atoms with Crippen LogP contribution >= 0.6 is 15.9 Å². The van der Waals surface area contributed by atoms with Crippen LogP contribution in [-0.4, -0.2) is 26.1 Å². The summed E-state index contributed by atoms with van der Waals surface area (Å²) in [5.74, 6) is -1.06. The molecular formula is C10H8BrN3O2. The molecule has 16 heavy (non-hydrogen) atoms. The van der Waals surface area contributed by atoms with Crippen molar-refractivity contribution in [2.75, 3.05) is 0 Å². The van der Waals surface area contributed by atoms with Gasteiger partial charge in [0, 0.05) is 4.47 Å². The molecule has 1 heterocycles. The largest absolute Gasteiger partial charge is 0.476 e. The first-order valence-corrected chi connectivity index (χ1v) is 5.30. The molecule has 0 radical (unpaired) electrons. The summed E-state index contributed by atoms with van der Waals surface area (Å²) in [6.45, 7) is 1.92. The predicted octanol–water partition coefficient (Wildman–Crippen LogP) is 2.04. The van der Waals surface area contributed by atoms with Gasteiger partial charge in [-0.2, -0.15) is 0 Å². The quantitative estimate of drug-likeness (QED) is 0.915. The van der Waals surface area contributed by atoms with Gasteiger partial charge in [-0.05, 0) is 34.5 Å². The lowest BCUT2D eigenvalue weighted by Gasteiger charge is -2.07. The van der Waals surface area contributed by atoms with Crippen molar-refractivity contribution in [3.8, 4) is 5.69 Å². The molecule has 0 aliphatic rings. The van der Waals surface area contributed by atoms with E-state index in [1.54, 1.807) is 6.07 Å². The van der Waals surface area contributed by atoms with Crippen molar-refractivity contribution in [2.24, 2.45) is 0 Å². The number of carboxylic acid groups (broad SMARTS) is 1. The molecule has 0 saturated heterocycles. The zero-order chi connectivity index (χ0) is 11.7. The van der Waals surface area contributed by atoms with Crippen LogP contribution in [0.5, 0.6) is 0 Å². The number of halogens is 1. The van der Waals surface area contributed by atoms with Crippen LogP contribution in [0.25, 0.3) is 5.69 Å². The van der Waals surface area contributed by atoms with Crippen LogP contribution < -0.4 is 0 Å². The minimum Gasteiger partial charge on any atom is -0.476 e. The van der Waals surface area contributed by atoms with Crippen molar-refractivity contribution in [1.82, 2.24) is 15.0 Å². The standard InChI is InChI=1S/C10H8BrN3O2/c1-6-3-2-4-7(9(6)11)14-8(10(15)16)5-12-13-14/h2-5H,1H3,(H,15,16). The van der Waals surface area contributed by atoms with Crippen molar-refractivity contribution in [1.29, 1.82) is 0 Å². The first-order valence-electron chi connectivity index (χ1n) is 4.50. The van der Waals surface area contributed by atoms with E-state index in [9.17, 15) is 4.79 Å². The molecule has 0 saturated carbocycles. The number of aryl methyl sites for hydroxylation is 1. The Hall–Kier alpha value is -1.69. The third-order valence-corrected chi connectivity index (χ3v) is 3.20. The highest BCUT2D eigenvalue weighted by Gasteiger charge is 2.15. The van der Waals surface area contributed by atoms with Crippen LogP contribution in [0.2, 0.25) is 0 Å². The van der Waals surface area contributed by atoms with Gasteiger partial charge in [0.15, 0.2) is 5.69 Å². The Bertz CT molecular complexity index is 551. The minimum atomic E-state index is -1.06. The molecule has 1 aromatic heterocycles. The average molecular weight is 282 g/mol. The summed E-state index contributed by atoms with van der Waals surface area (Å²) in [5, 5.41) is 16.3. The van der Waals surface area contributed by atoms with Gasteiger partial charge in [0.2, 0.25) is 0 Å². The van der Waals surface area contributed by atoms with Gasteiger partial charge >= 0.3 is 5.97 Å². The van der Waals surface area contributed by atoms with Crippen LogP contribution in [0, 0.1) is 6.92 Å². The first kappa shape index (κ1) is 10.8. The maximum Gasteiger partial charge on any atom is 0.356 e. The number of hydrogen-bond acceptors (Lipinski definition) is 3. The van der Waals surface area contributed by atoms with Gasteiger partial charge in [0.05, 0.1) is 11.9 Å². The molecule has 0 amide bonds. The van der Waals surface area contributed by atoms with Crippen LogP contribution in [0.4, 0.5) is 0 Å². The number of aromatic nitrogens is 3. The van der Waals surface area contributed by atoms with E-state index in [4.69, 9.17) is 5.11 Å². The third kappa shape index (κ3) is 1.71. The normalized spacial score (nSPS) is 10.4. The van der Waals surface area contributed by atoms with Crippen LogP contribution in [0.1, 0.15) is 16.1 Å². The number of carboxylic acids is 1. The summed E-state index contributed by atoms with van der Waals surface area (Å²) in [5.41, 5.74) is 1.70. The highest BCUT2D eigenvalue weighted by atomic mass is 79.9. The number of benzene rings is 1. The molecule has 0 bridgehead atoms. The Balaban J connectivity index is 2.63. The van der Waals surface area contributed by atoms with Gasteiger partial charge in [-0.1, -0.05) is 17.3 Å². The smallest absolute Gasteiger partial charge is 0.356 e. The highest BCUT2D eigenvalue weighted by molar-refractivity contribution is 9.10. The zero-order valence-electron chi connectivity index (χ0n) is 8.38. The summed E-state index contributed by atoms with van der Waals surface area (Å²) >= 11 is 3.40. The third-order valence-electron chi connectivity index (χ3n) is 2.17. The lowest BCUT2D eigenvalue weighted by Crippen LogP contribution is -2.08. The molecule has 0 fully saturated rings. The molecule has 5 nitrogen and oxygen atoms in total. The minimum absolute atomic E-state index is 0.0336. The van der Waals surface area contributed by atoms with Gasteiger partial charge in [-0.25, -0.2) is 9.48 Å². The molecular weight excluding hydrogens is 274 g/mol. The molecule has 0 atom stereocenters. The van der Waals surface area contributed by atoms with Crippen molar-refractivity contribution in [3.63, 3.8) is 0 Å². The Labute approximate surface area is 99.8 Å². The Kier molecular flexibility index (Phi) is 2.74. The van der Waals surface area contributed by atoms with Gasteiger partial charge in [-0.3, -0.25) is 0 Å². The fourth-order valence-electron chi connectivity index (χ4n) is 1.35. The van der Waals surface area contributed by atoms with Gasteiger partial charge in [0.25, 0.3) is 0 Å². The summed E-state index contributed by atoms with van der Waals surface area (Å²) < 4.78 is 2.10. The number of nitrogens with zero attached hydrogens (tertiary/aromatic N) is 3. The molecule has 2 aromatic rings. The highest BCUT2D eigenvalue weighted by Crippen LogP contribution is 2.24. The number of carbonyl (C=O) groups is 1. The molecule has 0 spiro atoms. The molecule has 0 aliphatic carbocycles. The number of hydrogen-bond donors (Lipinski definition) is 1.